The van der Waals surface area contributed by atoms with Gasteiger partial charge in [0.25, 0.3) is 10.0 Å². The highest BCUT2D eigenvalue weighted by Gasteiger charge is 2.22. The number of thiazole rings is 1. The molecule has 0 unspecified atom stereocenters. The van der Waals surface area contributed by atoms with Crippen molar-refractivity contribution in [1.82, 2.24) is 24.5 Å². The molecule has 3 heterocycles. The molecule has 4 aromatic rings. The second-order valence-electron chi connectivity index (χ2n) is 7.31. The first-order chi connectivity index (χ1) is 16.4. The van der Waals surface area contributed by atoms with Crippen LogP contribution in [0.1, 0.15) is 22.3 Å². The highest BCUT2D eigenvalue weighted by Crippen LogP contribution is 2.28. The zero-order valence-electron chi connectivity index (χ0n) is 18.5. The van der Waals surface area contributed by atoms with Gasteiger partial charge in [-0.2, -0.15) is 9.97 Å². The number of aromatic nitrogens is 5. The molecule has 0 spiro atoms. The van der Waals surface area contributed by atoms with Crippen molar-refractivity contribution in [3.8, 4) is 0 Å². The van der Waals surface area contributed by atoms with Crippen LogP contribution in [0.5, 0.6) is 0 Å². The number of hydrogen-bond donors (Lipinski definition) is 3. The summed E-state index contributed by atoms with van der Waals surface area (Å²) < 4.78 is 53.4. The number of aryl methyl sites for hydroxylation is 2. The van der Waals surface area contributed by atoms with Gasteiger partial charge in [-0.3, -0.25) is 10.0 Å². The number of fused-ring (bicyclic) bond motifs is 1. The molecular formula is C19H19N7O6S3. The molecule has 13 nitrogen and oxygen atoms in total. The molecule has 0 saturated carbocycles. The van der Waals surface area contributed by atoms with Gasteiger partial charge in [0.2, 0.25) is 5.95 Å². The quantitative estimate of drug-likeness (QED) is 0.299. The van der Waals surface area contributed by atoms with Gasteiger partial charge in [-0.1, -0.05) is 11.3 Å². The standard InChI is InChI=1S/C19H19N7O6S3/c1-4-26-9-20-13-15(25-35(31,32)12-7-5-11(6-8-12)34(3,29)30)22-18(23-16(13)26)24-19-21-10(2)14(33-19)17(27)28/h5-9H,4H2,1-3H3,(H,27,28)(H2,21,22,23,24,25). The normalized spacial score (nSPS) is 12.1. The number of nitrogens with one attached hydrogen (secondary N) is 2. The highest BCUT2D eigenvalue weighted by molar-refractivity contribution is 7.92. The highest BCUT2D eigenvalue weighted by atomic mass is 32.2. The van der Waals surface area contributed by atoms with Crippen LogP contribution in [0.3, 0.4) is 0 Å². The van der Waals surface area contributed by atoms with Crippen LogP contribution in [0.2, 0.25) is 0 Å². The minimum atomic E-state index is -4.17. The molecule has 16 heteroatoms. The summed E-state index contributed by atoms with van der Waals surface area (Å²) in [6.45, 7) is 3.90. The third kappa shape index (κ3) is 4.94. The summed E-state index contributed by atoms with van der Waals surface area (Å²) in [4.78, 5) is 28.2. The van der Waals surface area contributed by atoms with Gasteiger partial charge in [0, 0.05) is 12.8 Å². The Bertz CT molecular complexity index is 1660. The monoisotopic (exact) mass is 537 g/mol. The molecule has 3 aromatic heterocycles. The summed E-state index contributed by atoms with van der Waals surface area (Å²) in [5, 5.41) is 12.3. The molecule has 1 aromatic carbocycles. The van der Waals surface area contributed by atoms with E-state index >= 15 is 0 Å². The molecule has 0 atom stereocenters. The smallest absolute Gasteiger partial charge is 0.347 e. The average molecular weight is 538 g/mol. The van der Waals surface area contributed by atoms with Crippen LogP contribution in [-0.4, -0.2) is 58.7 Å². The second kappa shape index (κ2) is 8.86. The number of sulfone groups is 1. The number of rotatable bonds is 8. The van der Waals surface area contributed by atoms with Gasteiger partial charge in [-0.15, -0.1) is 0 Å². The molecule has 0 aliphatic rings. The number of aromatic carboxylic acids is 1. The van der Waals surface area contributed by atoms with Gasteiger partial charge in [-0.25, -0.2) is 31.6 Å². The Morgan fingerprint density at radius 3 is 2.31 bits per heavy atom. The average Bonchev–Trinajstić information content (AvgIpc) is 3.36. The second-order valence-corrected chi connectivity index (χ2v) is 12.0. The van der Waals surface area contributed by atoms with Gasteiger partial charge in [0.05, 0.1) is 21.8 Å². The number of sulfonamides is 1. The van der Waals surface area contributed by atoms with E-state index in [1.165, 1.54) is 30.6 Å². The lowest BCUT2D eigenvalue weighted by atomic mass is 10.4. The van der Waals surface area contributed by atoms with Crippen LogP contribution < -0.4 is 10.0 Å². The summed E-state index contributed by atoms with van der Waals surface area (Å²) in [7, 11) is -7.66. The Hall–Kier alpha value is -3.63. The SMILES string of the molecule is CCn1cnc2c(NS(=O)(=O)c3ccc(S(C)(=O)=O)cc3)nc(Nc3nc(C)c(C(=O)O)s3)nc21. The fourth-order valence-corrected chi connectivity index (χ4v) is 5.54. The lowest BCUT2D eigenvalue weighted by Gasteiger charge is -2.10. The van der Waals surface area contributed by atoms with Crippen LogP contribution in [0.25, 0.3) is 11.2 Å². The minimum Gasteiger partial charge on any atom is -0.477 e. The van der Waals surface area contributed by atoms with Crippen molar-refractivity contribution in [2.75, 3.05) is 16.3 Å². The molecule has 0 bridgehead atoms. The molecule has 4 rings (SSSR count). The Kier molecular flexibility index (Phi) is 6.20. The van der Waals surface area contributed by atoms with Crippen LogP contribution in [0.4, 0.5) is 16.9 Å². The van der Waals surface area contributed by atoms with Crippen molar-refractivity contribution in [1.29, 1.82) is 0 Å². The summed E-state index contributed by atoms with van der Waals surface area (Å²) in [6, 6.07) is 4.74. The van der Waals surface area contributed by atoms with E-state index in [1.807, 2.05) is 6.92 Å². The number of nitrogens with zero attached hydrogens (tertiary/aromatic N) is 5. The first-order valence-electron chi connectivity index (χ1n) is 9.92. The third-order valence-corrected chi connectivity index (χ3v) is 8.35. The van der Waals surface area contributed by atoms with E-state index in [4.69, 9.17) is 0 Å². The largest absolute Gasteiger partial charge is 0.477 e. The van der Waals surface area contributed by atoms with E-state index in [9.17, 15) is 26.7 Å². The van der Waals surface area contributed by atoms with Crippen molar-refractivity contribution < 1.29 is 26.7 Å². The van der Waals surface area contributed by atoms with Crippen LogP contribution in [-0.2, 0) is 26.4 Å². The number of carboxylic acid groups (broad SMARTS) is 1. The summed E-state index contributed by atoms with van der Waals surface area (Å²) >= 11 is 0.887. The van der Waals surface area contributed by atoms with Crippen molar-refractivity contribution in [2.24, 2.45) is 0 Å². The molecular weight excluding hydrogens is 518 g/mol. The molecule has 184 valence electrons. The summed E-state index contributed by atoms with van der Waals surface area (Å²) in [6.07, 6.45) is 2.51. The fraction of sp³-hybridized carbons (Fsp3) is 0.211. The molecule has 0 amide bonds. The Balaban J connectivity index is 1.74. The van der Waals surface area contributed by atoms with Gasteiger partial charge < -0.3 is 9.67 Å². The molecule has 0 fully saturated rings. The van der Waals surface area contributed by atoms with Gasteiger partial charge in [0.15, 0.2) is 32.0 Å². The number of imidazole rings is 1. The maximum Gasteiger partial charge on any atom is 0.347 e. The summed E-state index contributed by atoms with van der Waals surface area (Å²) in [5.41, 5.74) is 0.834. The lowest BCUT2D eigenvalue weighted by Crippen LogP contribution is -2.15. The van der Waals surface area contributed by atoms with Gasteiger partial charge in [-0.05, 0) is 38.1 Å². The van der Waals surface area contributed by atoms with E-state index in [0.717, 1.165) is 17.6 Å². The van der Waals surface area contributed by atoms with Gasteiger partial charge in [0.1, 0.15) is 4.88 Å². The maximum atomic E-state index is 13.0. The third-order valence-electron chi connectivity index (χ3n) is 4.81. The topological polar surface area (TPSA) is 186 Å². The van der Waals surface area contributed by atoms with E-state index in [1.54, 1.807) is 11.5 Å². The first-order valence-corrected chi connectivity index (χ1v) is 14.1. The number of carbonyl (C=O) groups is 1. The Morgan fingerprint density at radius 1 is 1.09 bits per heavy atom. The number of hydrogen-bond acceptors (Lipinski definition) is 11. The zero-order valence-corrected chi connectivity index (χ0v) is 21.0. The Morgan fingerprint density at radius 2 is 1.74 bits per heavy atom. The van der Waals surface area contributed by atoms with E-state index < -0.39 is 25.8 Å². The molecule has 3 N–H and O–H groups in total. The number of anilines is 3. The van der Waals surface area contributed by atoms with Crippen molar-refractivity contribution in [3.63, 3.8) is 0 Å². The van der Waals surface area contributed by atoms with Crippen molar-refractivity contribution >= 4 is 65.2 Å². The minimum absolute atomic E-state index is 0.0199. The van der Waals surface area contributed by atoms with E-state index in [0.29, 0.717) is 17.9 Å². The fourth-order valence-electron chi connectivity index (χ4n) is 3.10. The van der Waals surface area contributed by atoms with Crippen LogP contribution in [0, 0.1) is 6.92 Å². The van der Waals surface area contributed by atoms with Crippen molar-refractivity contribution in [3.05, 3.63) is 41.2 Å². The molecule has 0 aliphatic heterocycles. The van der Waals surface area contributed by atoms with Gasteiger partial charge >= 0.3 is 5.97 Å². The van der Waals surface area contributed by atoms with E-state index in [2.05, 4.69) is 30.0 Å². The molecule has 0 aliphatic carbocycles. The molecule has 0 radical (unpaired) electrons. The summed E-state index contributed by atoms with van der Waals surface area (Å²) in [5.74, 6) is -1.27. The predicted octanol–water partition coefficient (Wildman–Crippen LogP) is 2.26. The molecule has 35 heavy (non-hydrogen) atoms. The Labute approximate surface area is 203 Å². The van der Waals surface area contributed by atoms with Crippen LogP contribution in [0.15, 0.2) is 40.4 Å². The number of carboxylic acids is 1. The lowest BCUT2D eigenvalue weighted by molar-refractivity contribution is 0.0701. The molecule has 0 saturated heterocycles. The maximum absolute atomic E-state index is 13.0. The van der Waals surface area contributed by atoms with E-state index in [-0.39, 0.29) is 37.1 Å². The predicted molar refractivity (Wildman–Crippen MR) is 128 cm³/mol. The first kappa shape index (κ1) is 24.5. The number of benzene rings is 1. The van der Waals surface area contributed by atoms with Crippen LogP contribution >= 0.6 is 11.3 Å². The van der Waals surface area contributed by atoms with Crippen molar-refractivity contribution in [2.45, 2.75) is 30.2 Å². The zero-order chi connectivity index (χ0) is 25.5.